The van der Waals surface area contributed by atoms with Gasteiger partial charge in [-0.15, -0.1) is 0 Å². The largest absolute Gasteiger partial charge is 0.342 e. The molecule has 1 unspecified atom stereocenters. The minimum atomic E-state index is -0.394. The van der Waals surface area contributed by atoms with Gasteiger partial charge in [-0.05, 0) is 65.0 Å². The summed E-state index contributed by atoms with van der Waals surface area (Å²) in [6.45, 7) is 5.07. The second-order valence-corrected chi connectivity index (χ2v) is 7.61. The minimum Gasteiger partial charge on any atom is -0.342 e. The third kappa shape index (κ3) is 4.93. The molecule has 4 amide bonds. The van der Waals surface area contributed by atoms with Gasteiger partial charge < -0.3 is 10.2 Å². The summed E-state index contributed by atoms with van der Waals surface area (Å²) in [5.74, 6) is 0.113. The lowest BCUT2D eigenvalue weighted by molar-refractivity contribution is -0.138. The van der Waals surface area contributed by atoms with Crippen LogP contribution >= 0.6 is 0 Å². The maximum absolute atomic E-state index is 12.6. The van der Waals surface area contributed by atoms with Crippen LogP contribution in [-0.4, -0.2) is 65.9 Å². The molecular formula is C18H30N4O3. The first kappa shape index (κ1) is 18.2. The number of imide groups is 1. The zero-order valence-electron chi connectivity index (χ0n) is 15.1. The molecule has 3 rings (SSSR count). The molecule has 7 nitrogen and oxygen atoms in total. The number of piperidine rings is 2. The SMILES string of the molecule is CC(C(=O)NC(=O)NC1CC1)N1CCC(C(=O)N2CCCCC2)CC1. The highest BCUT2D eigenvalue weighted by Crippen LogP contribution is 2.23. The maximum atomic E-state index is 12.6. The van der Waals surface area contributed by atoms with E-state index in [1.165, 1.54) is 6.42 Å². The van der Waals surface area contributed by atoms with Crippen molar-refractivity contribution in [2.24, 2.45) is 5.92 Å². The van der Waals surface area contributed by atoms with Gasteiger partial charge in [-0.2, -0.15) is 0 Å². The number of nitrogens with one attached hydrogen (secondary N) is 2. The lowest BCUT2D eigenvalue weighted by Crippen LogP contribution is -2.53. The van der Waals surface area contributed by atoms with E-state index in [0.29, 0.717) is 5.91 Å². The van der Waals surface area contributed by atoms with Crippen molar-refractivity contribution < 1.29 is 14.4 Å². The Kier molecular flexibility index (Phi) is 5.93. The lowest BCUT2D eigenvalue weighted by atomic mass is 9.93. The van der Waals surface area contributed by atoms with E-state index in [0.717, 1.165) is 64.7 Å². The Hall–Kier alpha value is -1.63. The molecule has 1 saturated carbocycles. The Morgan fingerprint density at radius 2 is 1.56 bits per heavy atom. The molecule has 2 N–H and O–H groups in total. The minimum absolute atomic E-state index is 0.0859. The van der Waals surface area contributed by atoms with Crippen molar-refractivity contribution in [2.45, 2.75) is 64.0 Å². The molecule has 0 aromatic carbocycles. The fraction of sp³-hybridized carbons (Fsp3) is 0.833. The molecule has 140 valence electrons. The van der Waals surface area contributed by atoms with Gasteiger partial charge in [0.15, 0.2) is 0 Å². The summed E-state index contributed by atoms with van der Waals surface area (Å²) in [5, 5.41) is 5.19. The molecule has 0 bridgehead atoms. The topological polar surface area (TPSA) is 81.8 Å². The van der Waals surface area contributed by atoms with Crippen LogP contribution in [0.2, 0.25) is 0 Å². The van der Waals surface area contributed by atoms with Crippen LogP contribution in [0.5, 0.6) is 0 Å². The first-order chi connectivity index (χ1) is 12.0. The van der Waals surface area contributed by atoms with E-state index in [4.69, 9.17) is 0 Å². The van der Waals surface area contributed by atoms with Crippen molar-refractivity contribution in [3.63, 3.8) is 0 Å². The molecule has 0 aromatic heterocycles. The van der Waals surface area contributed by atoms with E-state index in [9.17, 15) is 14.4 Å². The Morgan fingerprint density at radius 1 is 0.920 bits per heavy atom. The van der Waals surface area contributed by atoms with Gasteiger partial charge >= 0.3 is 6.03 Å². The fourth-order valence-corrected chi connectivity index (χ4v) is 3.74. The molecule has 25 heavy (non-hydrogen) atoms. The molecule has 0 aromatic rings. The fourth-order valence-electron chi connectivity index (χ4n) is 3.74. The van der Waals surface area contributed by atoms with Gasteiger partial charge in [0.05, 0.1) is 6.04 Å². The van der Waals surface area contributed by atoms with Crippen molar-refractivity contribution in [3.05, 3.63) is 0 Å². The van der Waals surface area contributed by atoms with Gasteiger partial charge in [0.2, 0.25) is 11.8 Å². The second kappa shape index (κ2) is 8.17. The molecule has 7 heteroatoms. The van der Waals surface area contributed by atoms with E-state index in [1.54, 1.807) is 0 Å². The first-order valence-electron chi connectivity index (χ1n) is 9.69. The van der Waals surface area contributed by atoms with Gasteiger partial charge in [-0.25, -0.2) is 4.79 Å². The number of hydrogen-bond acceptors (Lipinski definition) is 4. The number of nitrogens with zero attached hydrogens (tertiary/aromatic N) is 2. The standard InChI is InChI=1S/C18H30N4O3/c1-13(16(23)20-18(25)19-15-5-6-15)21-11-7-14(8-12-21)17(24)22-9-3-2-4-10-22/h13-15H,2-12H2,1H3,(H2,19,20,23,25). The van der Waals surface area contributed by atoms with E-state index < -0.39 is 6.03 Å². The third-order valence-electron chi connectivity index (χ3n) is 5.62. The second-order valence-electron chi connectivity index (χ2n) is 7.61. The van der Waals surface area contributed by atoms with Crippen molar-refractivity contribution in [2.75, 3.05) is 26.2 Å². The summed E-state index contributed by atoms with van der Waals surface area (Å²) in [4.78, 5) is 40.6. The van der Waals surface area contributed by atoms with Crippen LogP contribution in [0.1, 0.15) is 51.9 Å². The number of hydrogen-bond donors (Lipinski definition) is 2. The Morgan fingerprint density at radius 3 is 2.16 bits per heavy atom. The number of amides is 4. The Balaban J connectivity index is 1.41. The molecular weight excluding hydrogens is 320 g/mol. The molecule has 1 aliphatic carbocycles. The number of urea groups is 1. The summed E-state index contributed by atoms with van der Waals surface area (Å²) in [7, 11) is 0. The summed E-state index contributed by atoms with van der Waals surface area (Å²) in [6.07, 6.45) is 7.03. The van der Waals surface area contributed by atoms with Crippen LogP contribution in [0.3, 0.4) is 0 Å². The van der Waals surface area contributed by atoms with Gasteiger partial charge in [-0.3, -0.25) is 19.8 Å². The maximum Gasteiger partial charge on any atom is 0.321 e. The van der Waals surface area contributed by atoms with Gasteiger partial charge in [0, 0.05) is 25.0 Å². The normalized spacial score (nSPS) is 23.8. The molecule has 2 aliphatic heterocycles. The predicted octanol–water partition coefficient (Wildman–Crippen LogP) is 1.09. The highest BCUT2D eigenvalue weighted by molar-refractivity contribution is 5.97. The van der Waals surface area contributed by atoms with E-state index in [-0.39, 0.29) is 23.9 Å². The van der Waals surface area contributed by atoms with E-state index in [1.807, 2.05) is 11.8 Å². The average Bonchev–Trinajstić information content (AvgIpc) is 3.45. The molecule has 3 aliphatic rings. The molecule has 1 atom stereocenters. The molecule has 2 heterocycles. The molecule has 3 fully saturated rings. The molecule has 0 radical (unpaired) electrons. The molecule has 2 saturated heterocycles. The van der Waals surface area contributed by atoms with Gasteiger partial charge in [0.25, 0.3) is 0 Å². The van der Waals surface area contributed by atoms with Crippen LogP contribution in [-0.2, 0) is 9.59 Å². The van der Waals surface area contributed by atoms with Crippen molar-refractivity contribution in [1.82, 2.24) is 20.4 Å². The number of likely N-dealkylation sites (tertiary alicyclic amines) is 2. The van der Waals surface area contributed by atoms with E-state index >= 15 is 0 Å². The zero-order valence-corrected chi connectivity index (χ0v) is 15.1. The number of carbonyl (C=O) groups is 3. The summed E-state index contributed by atoms with van der Waals surface area (Å²) < 4.78 is 0. The summed E-state index contributed by atoms with van der Waals surface area (Å²) in [6, 6.07) is -0.509. The Labute approximate surface area is 149 Å². The highest BCUT2D eigenvalue weighted by atomic mass is 16.2. The number of carbonyl (C=O) groups excluding carboxylic acids is 3. The van der Waals surface area contributed by atoms with Crippen molar-refractivity contribution in [3.8, 4) is 0 Å². The zero-order chi connectivity index (χ0) is 17.8. The number of rotatable bonds is 4. The average molecular weight is 350 g/mol. The predicted molar refractivity (Wildman–Crippen MR) is 93.9 cm³/mol. The van der Waals surface area contributed by atoms with Crippen LogP contribution < -0.4 is 10.6 Å². The van der Waals surface area contributed by atoms with Gasteiger partial charge in [0.1, 0.15) is 0 Å². The van der Waals surface area contributed by atoms with Crippen LogP contribution in [0.4, 0.5) is 4.79 Å². The van der Waals surface area contributed by atoms with Gasteiger partial charge in [-0.1, -0.05) is 0 Å². The summed E-state index contributed by atoms with van der Waals surface area (Å²) in [5.41, 5.74) is 0. The first-order valence-corrected chi connectivity index (χ1v) is 9.69. The van der Waals surface area contributed by atoms with Crippen LogP contribution in [0.15, 0.2) is 0 Å². The Bertz CT molecular complexity index is 506. The summed E-state index contributed by atoms with van der Waals surface area (Å²) >= 11 is 0. The molecule has 0 spiro atoms. The smallest absolute Gasteiger partial charge is 0.321 e. The monoisotopic (exact) mass is 350 g/mol. The quantitative estimate of drug-likeness (QED) is 0.795. The van der Waals surface area contributed by atoms with Crippen molar-refractivity contribution in [1.29, 1.82) is 0 Å². The van der Waals surface area contributed by atoms with Crippen LogP contribution in [0, 0.1) is 5.92 Å². The van der Waals surface area contributed by atoms with Crippen molar-refractivity contribution >= 4 is 17.8 Å². The third-order valence-corrected chi connectivity index (χ3v) is 5.62. The van der Waals surface area contributed by atoms with E-state index in [2.05, 4.69) is 15.5 Å². The van der Waals surface area contributed by atoms with Crippen LogP contribution in [0.25, 0.3) is 0 Å². The highest BCUT2D eigenvalue weighted by Gasteiger charge is 2.33. The lowest BCUT2D eigenvalue weighted by Gasteiger charge is -2.37.